The van der Waals surface area contributed by atoms with Gasteiger partial charge in [0.1, 0.15) is 5.82 Å². The third-order valence-electron chi connectivity index (χ3n) is 3.04. The molecule has 0 saturated carbocycles. The molecule has 0 aliphatic carbocycles. The van der Waals surface area contributed by atoms with E-state index < -0.39 is 0 Å². The van der Waals surface area contributed by atoms with Crippen LogP contribution in [0.2, 0.25) is 0 Å². The lowest BCUT2D eigenvalue weighted by Crippen LogP contribution is -2.11. The summed E-state index contributed by atoms with van der Waals surface area (Å²) < 4.78 is 2.28. The third-order valence-corrected chi connectivity index (χ3v) is 4.41. The number of hydrogen-bond acceptors (Lipinski definition) is 2. The fraction of sp³-hybridized carbons (Fsp3) is 0.500. The molecule has 2 aromatic rings. The number of thioether (sulfide) groups is 1. The number of aromatic nitrogens is 2. The standard InChI is InChI=1S/C14H19ClN2S/c1-4-18-9-11(3)17-13-6-5-10(2)7-12(13)16-14(17)8-15/h5-7,11H,4,8-9H2,1-3H3. The van der Waals surface area contributed by atoms with Gasteiger partial charge in [-0.25, -0.2) is 4.98 Å². The first-order valence-electron chi connectivity index (χ1n) is 6.28. The minimum Gasteiger partial charge on any atom is -0.323 e. The molecule has 1 unspecified atom stereocenters. The predicted octanol–water partition coefficient (Wildman–Crippen LogP) is 4.40. The first-order valence-corrected chi connectivity index (χ1v) is 7.97. The number of hydrogen-bond donors (Lipinski definition) is 0. The van der Waals surface area contributed by atoms with Crippen LogP contribution in [0, 0.1) is 6.92 Å². The molecule has 0 amide bonds. The van der Waals surface area contributed by atoms with Gasteiger partial charge >= 0.3 is 0 Å². The van der Waals surface area contributed by atoms with Crippen molar-refractivity contribution >= 4 is 34.4 Å². The summed E-state index contributed by atoms with van der Waals surface area (Å²) in [6.07, 6.45) is 0. The van der Waals surface area contributed by atoms with E-state index in [1.54, 1.807) is 0 Å². The van der Waals surface area contributed by atoms with Crippen molar-refractivity contribution in [1.82, 2.24) is 9.55 Å². The molecular formula is C14H19ClN2S. The van der Waals surface area contributed by atoms with Crippen molar-refractivity contribution in [2.45, 2.75) is 32.7 Å². The van der Waals surface area contributed by atoms with E-state index in [0.29, 0.717) is 11.9 Å². The normalized spacial score (nSPS) is 13.1. The summed E-state index contributed by atoms with van der Waals surface area (Å²) in [5, 5.41) is 0. The lowest BCUT2D eigenvalue weighted by molar-refractivity contribution is 0.606. The minimum absolute atomic E-state index is 0.427. The summed E-state index contributed by atoms with van der Waals surface area (Å²) in [6, 6.07) is 6.84. The summed E-state index contributed by atoms with van der Waals surface area (Å²) >= 11 is 7.98. The highest BCUT2D eigenvalue weighted by Gasteiger charge is 2.15. The van der Waals surface area contributed by atoms with Crippen LogP contribution in [0.15, 0.2) is 18.2 Å². The van der Waals surface area contributed by atoms with Crippen LogP contribution in [0.5, 0.6) is 0 Å². The maximum atomic E-state index is 6.03. The largest absolute Gasteiger partial charge is 0.323 e. The van der Waals surface area contributed by atoms with Gasteiger partial charge in [-0.15, -0.1) is 11.6 Å². The Bertz CT molecular complexity index is 536. The maximum absolute atomic E-state index is 6.03. The number of benzene rings is 1. The van der Waals surface area contributed by atoms with E-state index in [4.69, 9.17) is 11.6 Å². The van der Waals surface area contributed by atoms with Crippen molar-refractivity contribution in [2.75, 3.05) is 11.5 Å². The van der Waals surface area contributed by atoms with Gasteiger partial charge in [-0.3, -0.25) is 0 Å². The maximum Gasteiger partial charge on any atom is 0.125 e. The number of imidazole rings is 1. The SMILES string of the molecule is CCSCC(C)n1c(CCl)nc2cc(C)ccc21. The molecule has 0 radical (unpaired) electrons. The molecule has 0 aliphatic rings. The number of halogens is 1. The van der Waals surface area contributed by atoms with E-state index in [9.17, 15) is 0 Å². The van der Waals surface area contributed by atoms with Crippen molar-refractivity contribution < 1.29 is 0 Å². The lowest BCUT2D eigenvalue weighted by Gasteiger charge is -2.16. The Balaban J connectivity index is 2.46. The molecule has 0 spiro atoms. The minimum atomic E-state index is 0.427. The van der Waals surface area contributed by atoms with E-state index >= 15 is 0 Å². The molecule has 0 N–H and O–H groups in total. The van der Waals surface area contributed by atoms with Crippen LogP contribution in [0.3, 0.4) is 0 Å². The predicted molar refractivity (Wildman–Crippen MR) is 81.7 cm³/mol. The second-order valence-corrected chi connectivity index (χ2v) is 6.12. The van der Waals surface area contributed by atoms with Crippen molar-refractivity contribution in [3.05, 3.63) is 29.6 Å². The van der Waals surface area contributed by atoms with Gasteiger partial charge < -0.3 is 4.57 Å². The molecule has 1 aromatic heterocycles. The van der Waals surface area contributed by atoms with Crippen molar-refractivity contribution in [3.63, 3.8) is 0 Å². The van der Waals surface area contributed by atoms with Gasteiger partial charge in [-0.05, 0) is 37.3 Å². The Morgan fingerprint density at radius 1 is 1.44 bits per heavy atom. The van der Waals surface area contributed by atoms with E-state index in [0.717, 1.165) is 22.8 Å². The van der Waals surface area contributed by atoms with Crippen LogP contribution < -0.4 is 0 Å². The second-order valence-electron chi connectivity index (χ2n) is 4.53. The molecule has 1 heterocycles. The van der Waals surface area contributed by atoms with Crippen LogP contribution in [0.4, 0.5) is 0 Å². The average Bonchev–Trinajstić information content (AvgIpc) is 2.73. The fourth-order valence-electron chi connectivity index (χ4n) is 2.21. The first kappa shape index (κ1) is 13.8. The molecular weight excluding hydrogens is 264 g/mol. The highest BCUT2D eigenvalue weighted by atomic mass is 35.5. The highest BCUT2D eigenvalue weighted by molar-refractivity contribution is 7.99. The van der Waals surface area contributed by atoms with Gasteiger partial charge in [0, 0.05) is 11.8 Å². The first-order chi connectivity index (χ1) is 8.67. The smallest absolute Gasteiger partial charge is 0.125 e. The van der Waals surface area contributed by atoms with Crippen LogP contribution in [0.25, 0.3) is 11.0 Å². The molecule has 2 nitrogen and oxygen atoms in total. The molecule has 4 heteroatoms. The molecule has 0 aliphatic heterocycles. The average molecular weight is 283 g/mol. The van der Waals surface area contributed by atoms with E-state index in [1.165, 1.54) is 11.1 Å². The third kappa shape index (κ3) is 2.67. The molecule has 0 fully saturated rings. The van der Waals surface area contributed by atoms with Gasteiger partial charge in [-0.1, -0.05) is 13.0 Å². The van der Waals surface area contributed by atoms with Gasteiger partial charge in [-0.2, -0.15) is 11.8 Å². The zero-order valence-electron chi connectivity index (χ0n) is 11.1. The second kappa shape index (κ2) is 5.98. The summed E-state index contributed by atoms with van der Waals surface area (Å²) in [5.74, 6) is 3.68. The number of nitrogens with zero attached hydrogens (tertiary/aromatic N) is 2. The number of rotatable bonds is 5. The molecule has 0 bridgehead atoms. The zero-order valence-corrected chi connectivity index (χ0v) is 12.7. The summed E-state index contributed by atoms with van der Waals surface area (Å²) in [5.41, 5.74) is 3.49. The van der Waals surface area contributed by atoms with Gasteiger partial charge in [0.2, 0.25) is 0 Å². The fourth-order valence-corrected chi connectivity index (χ4v) is 3.12. The molecule has 2 rings (SSSR count). The number of fused-ring (bicyclic) bond motifs is 1. The van der Waals surface area contributed by atoms with Crippen LogP contribution in [-0.2, 0) is 5.88 Å². The molecule has 1 aromatic carbocycles. The van der Waals surface area contributed by atoms with Crippen molar-refractivity contribution in [1.29, 1.82) is 0 Å². The van der Waals surface area contributed by atoms with E-state index in [-0.39, 0.29) is 0 Å². The summed E-state index contributed by atoms with van der Waals surface area (Å²) in [6.45, 7) is 6.52. The Labute approximate surface area is 118 Å². The van der Waals surface area contributed by atoms with Crippen LogP contribution in [-0.4, -0.2) is 21.1 Å². The van der Waals surface area contributed by atoms with Crippen molar-refractivity contribution in [3.8, 4) is 0 Å². The molecule has 18 heavy (non-hydrogen) atoms. The summed E-state index contributed by atoms with van der Waals surface area (Å²) in [7, 11) is 0. The quantitative estimate of drug-likeness (QED) is 0.757. The Kier molecular flexibility index (Phi) is 4.57. The summed E-state index contributed by atoms with van der Waals surface area (Å²) in [4.78, 5) is 4.64. The highest BCUT2D eigenvalue weighted by Crippen LogP contribution is 2.25. The van der Waals surface area contributed by atoms with E-state index in [2.05, 4.69) is 48.5 Å². The Hall–Kier alpha value is -0.670. The zero-order chi connectivity index (χ0) is 13.1. The topological polar surface area (TPSA) is 17.8 Å². The monoisotopic (exact) mass is 282 g/mol. The van der Waals surface area contributed by atoms with Crippen molar-refractivity contribution in [2.24, 2.45) is 0 Å². The van der Waals surface area contributed by atoms with Crippen LogP contribution >= 0.6 is 23.4 Å². The van der Waals surface area contributed by atoms with Gasteiger partial charge in [0.05, 0.1) is 16.9 Å². The number of alkyl halides is 1. The Morgan fingerprint density at radius 3 is 2.89 bits per heavy atom. The lowest BCUT2D eigenvalue weighted by atomic mass is 10.2. The number of aryl methyl sites for hydroxylation is 1. The molecule has 0 saturated heterocycles. The Morgan fingerprint density at radius 2 is 2.22 bits per heavy atom. The van der Waals surface area contributed by atoms with E-state index in [1.807, 2.05) is 11.8 Å². The molecule has 1 atom stereocenters. The van der Waals surface area contributed by atoms with Crippen LogP contribution in [0.1, 0.15) is 31.3 Å². The van der Waals surface area contributed by atoms with Gasteiger partial charge in [0.25, 0.3) is 0 Å². The van der Waals surface area contributed by atoms with Gasteiger partial charge in [0.15, 0.2) is 0 Å². The molecule has 98 valence electrons.